The molecule has 0 saturated heterocycles. The van der Waals surface area contributed by atoms with Crippen LogP contribution in [0.1, 0.15) is 6.92 Å². The van der Waals surface area contributed by atoms with Crippen LogP contribution in [0.15, 0.2) is 0 Å². The summed E-state index contributed by atoms with van der Waals surface area (Å²) in [6.45, 7) is 1.14. The zero-order chi connectivity index (χ0) is 8.85. The number of aliphatic hydroxyl groups excluding tert-OH is 1. The van der Waals surface area contributed by atoms with E-state index < -0.39 is 12.8 Å². The molecular formula is C7H13FN2O. The third kappa shape index (κ3) is 3.91. The normalized spacial score (nSPS) is 16.0. The van der Waals surface area contributed by atoms with Crippen molar-refractivity contribution in [3.05, 3.63) is 0 Å². The van der Waals surface area contributed by atoms with E-state index in [-0.39, 0.29) is 12.6 Å². The lowest BCUT2D eigenvalue weighted by Crippen LogP contribution is -2.35. The molecule has 4 heteroatoms. The van der Waals surface area contributed by atoms with E-state index in [0.717, 1.165) is 0 Å². The Morgan fingerprint density at radius 2 is 2.27 bits per heavy atom. The molecule has 0 aromatic carbocycles. The SMILES string of the molecule is CC(C#N)N(C)CC(O)CF. The first-order chi connectivity index (χ1) is 5.11. The quantitative estimate of drug-likeness (QED) is 0.637. The van der Waals surface area contributed by atoms with E-state index in [2.05, 4.69) is 0 Å². The van der Waals surface area contributed by atoms with Crippen LogP contribution in [-0.2, 0) is 0 Å². The predicted octanol–water partition coefficient (Wildman–Crippen LogP) is 0.161. The molecule has 11 heavy (non-hydrogen) atoms. The second kappa shape index (κ2) is 5.05. The van der Waals surface area contributed by atoms with Gasteiger partial charge in [-0.25, -0.2) is 4.39 Å². The minimum atomic E-state index is -0.976. The lowest BCUT2D eigenvalue weighted by molar-refractivity contribution is 0.0942. The van der Waals surface area contributed by atoms with Crippen molar-refractivity contribution in [2.75, 3.05) is 20.3 Å². The van der Waals surface area contributed by atoms with E-state index in [0.29, 0.717) is 0 Å². The first-order valence-electron chi connectivity index (χ1n) is 3.45. The van der Waals surface area contributed by atoms with Gasteiger partial charge in [0.15, 0.2) is 0 Å². The monoisotopic (exact) mass is 160 g/mol. The Balaban J connectivity index is 3.69. The van der Waals surface area contributed by atoms with Crippen molar-refractivity contribution >= 4 is 0 Å². The maximum atomic E-state index is 11.8. The fourth-order valence-corrected chi connectivity index (χ4v) is 0.638. The Morgan fingerprint density at radius 1 is 1.73 bits per heavy atom. The Bertz CT molecular complexity index is 146. The Hall–Kier alpha value is -0.660. The summed E-state index contributed by atoms with van der Waals surface area (Å²) in [6.07, 6.45) is -0.976. The van der Waals surface area contributed by atoms with Crippen LogP contribution in [-0.4, -0.2) is 42.4 Å². The number of halogens is 1. The average Bonchev–Trinajstić information content (AvgIpc) is 2.02. The number of likely N-dealkylation sites (N-methyl/N-ethyl adjacent to an activating group) is 1. The molecule has 0 heterocycles. The minimum absolute atomic E-state index is 0.200. The van der Waals surface area contributed by atoms with Crippen LogP contribution >= 0.6 is 0 Å². The molecule has 3 nitrogen and oxygen atoms in total. The summed E-state index contributed by atoms with van der Waals surface area (Å²) in [5.74, 6) is 0. The van der Waals surface area contributed by atoms with Gasteiger partial charge in [0.2, 0.25) is 0 Å². The van der Waals surface area contributed by atoms with Gasteiger partial charge in [-0.1, -0.05) is 0 Å². The highest BCUT2D eigenvalue weighted by atomic mass is 19.1. The summed E-state index contributed by atoms with van der Waals surface area (Å²) in [5, 5.41) is 17.3. The smallest absolute Gasteiger partial charge is 0.117 e. The largest absolute Gasteiger partial charge is 0.389 e. The first-order valence-corrected chi connectivity index (χ1v) is 3.45. The van der Waals surface area contributed by atoms with Gasteiger partial charge < -0.3 is 5.11 Å². The first kappa shape index (κ1) is 10.3. The lowest BCUT2D eigenvalue weighted by Gasteiger charge is -2.20. The molecule has 0 fully saturated rings. The molecule has 0 aliphatic rings. The summed E-state index contributed by atoms with van der Waals surface area (Å²) in [6, 6.07) is 1.71. The molecule has 0 spiro atoms. The molecule has 0 radical (unpaired) electrons. The van der Waals surface area contributed by atoms with Gasteiger partial charge in [-0.2, -0.15) is 5.26 Å². The van der Waals surface area contributed by atoms with Crippen molar-refractivity contribution in [3.8, 4) is 6.07 Å². The molecule has 0 saturated carbocycles. The molecule has 0 aromatic heterocycles. The van der Waals surface area contributed by atoms with E-state index in [9.17, 15) is 4.39 Å². The van der Waals surface area contributed by atoms with Crippen molar-refractivity contribution in [2.24, 2.45) is 0 Å². The van der Waals surface area contributed by atoms with Gasteiger partial charge in [0, 0.05) is 6.54 Å². The van der Waals surface area contributed by atoms with E-state index in [1.165, 1.54) is 0 Å². The summed E-state index contributed by atoms with van der Waals surface area (Å²) < 4.78 is 11.8. The summed E-state index contributed by atoms with van der Waals surface area (Å²) in [5.41, 5.74) is 0. The summed E-state index contributed by atoms with van der Waals surface area (Å²) in [4.78, 5) is 1.60. The molecule has 0 rings (SSSR count). The van der Waals surface area contributed by atoms with Crippen molar-refractivity contribution in [1.29, 1.82) is 5.26 Å². The molecule has 0 bridgehead atoms. The fraction of sp³-hybridized carbons (Fsp3) is 0.857. The maximum Gasteiger partial charge on any atom is 0.117 e. The number of hydrogen-bond acceptors (Lipinski definition) is 3. The number of nitrogens with zero attached hydrogens (tertiary/aromatic N) is 2. The zero-order valence-corrected chi connectivity index (χ0v) is 6.79. The third-order valence-electron chi connectivity index (χ3n) is 1.52. The van der Waals surface area contributed by atoms with Gasteiger partial charge >= 0.3 is 0 Å². The van der Waals surface area contributed by atoms with Gasteiger partial charge in [0.05, 0.1) is 18.2 Å². The number of alkyl halides is 1. The van der Waals surface area contributed by atoms with Crippen LogP contribution < -0.4 is 0 Å². The maximum absolute atomic E-state index is 11.8. The van der Waals surface area contributed by atoms with Crippen molar-refractivity contribution in [1.82, 2.24) is 4.90 Å². The van der Waals surface area contributed by atoms with Crippen LogP contribution in [0.3, 0.4) is 0 Å². The highest BCUT2D eigenvalue weighted by Gasteiger charge is 2.12. The minimum Gasteiger partial charge on any atom is -0.389 e. The number of aliphatic hydroxyl groups is 1. The van der Waals surface area contributed by atoms with Crippen LogP contribution in [0.5, 0.6) is 0 Å². The Kier molecular flexibility index (Phi) is 4.75. The molecule has 0 aliphatic carbocycles. The number of rotatable bonds is 4. The van der Waals surface area contributed by atoms with Crippen LogP contribution in [0, 0.1) is 11.3 Å². The van der Waals surface area contributed by atoms with E-state index >= 15 is 0 Å². The van der Waals surface area contributed by atoms with Gasteiger partial charge in [-0.05, 0) is 14.0 Å². The van der Waals surface area contributed by atoms with Gasteiger partial charge in [0.25, 0.3) is 0 Å². The van der Waals surface area contributed by atoms with Crippen molar-refractivity contribution in [2.45, 2.75) is 19.1 Å². The van der Waals surface area contributed by atoms with Crippen molar-refractivity contribution in [3.63, 3.8) is 0 Å². The second-order valence-electron chi connectivity index (χ2n) is 2.55. The van der Waals surface area contributed by atoms with Crippen LogP contribution in [0.2, 0.25) is 0 Å². The molecule has 0 amide bonds. The van der Waals surface area contributed by atoms with Crippen LogP contribution in [0.4, 0.5) is 4.39 Å². The van der Waals surface area contributed by atoms with Gasteiger partial charge in [0.1, 0.15) is 6.67 Å². The molecule has 0 aromatic rings. The second-order valence-corrected chi connectivity index (χ2v) is 2.55. The van der Waals surface area contributed by atoms with E-state index in [1.54, 1.807) is 18.9 Å². The van der Waals surface area contributed by atoms with Crippen molar-refractivity contribution < 1.29 is 9.50 Å². The molecular weight excluding hydrogens is 147 g/mol. The predicted molar refractivity (Wildman–Crippen MR) is 39.7 cm³/mol. The number of hydrogen-bond donors (Lipinski definition) is 1. The average molecular weight is 160 g/mol. The number of nitriles is 1. The molecule has 64 valence electrons. The topological polar surface area (TPSA) is 47.3 Å². The molecule has 1 N–H and O–H groups in total. The molecule has 2 atom stereocenters. The lowest BCUT2D eigenvalue weighted by atomic mass is 10.3. The summed E-state index contributed by atoms with van der Waals surface area (Å²) >= 11 is 0. The standard InChI is InChI=1S/C7H13FN2O/c1-6(4-9)10(2)5-7(11)3-8/h6-7,11H,3,5H2,1-2H3. The third-order valence-corrected chi connectivity index (χ3v) is 1.52. The zero-order valence-electron chi connectivity index (χ0n) is 6.79. The Labute approximate surface area is 66.0 Å². The van der Waals surface area contributed by atoms with Gasteiger partial charge in [-0.3, -0.25) is 4.90 Å². The highest BCUT2D eigenvalue weighted by Crippen LogP contribution is 1.96. The Morgan fingerprint density at radius 3 is 2.64 bits per heavy atom. The van der Waals surface area contributed by atoms with Gasteiger partial charge in [-0.15, -0.1) is 0 Å². The molecule has 2 unspecified atom stereocenters. The fourth-order valence-electron chi connectivity index (χ4n) is 0.638. The van der Waals surface area contributed by atoms with Crippen LogP contribution in [0.25, 0.3) is 0 Å². The van der Waals surface area contributed by atoms with E-state index in [1.807, 2.05) is 6.07 Å². The van der Waals surface area contributed by atoms with E-state index in [4.69, 9.17) is 10.4 Å². The summed E-state index contributed by atoms with van der Waals surface area (Å²) in [7, 11) is 1.67. The molecule has 0 aliphatic heterocycles. The highest BCUT2D eigenvalue weighted by molar-refractivity contribution is 4.86.